The average molecular weight is 313 g/mol. The number of urea groups is 1. The summed E-state index contributed by atoms with van der Waals surface area (Å²) in [4.78, 5) is 27.4. The SMILES string of the molecule is CN1C(=O)CN(C(=O)Nc2ccccc2F)C1c1ccccc1. The molecule has 3 amide bonds. The molecule has 2 aromatic rings. The van der Waals surface area contributed by atoms with Crippen LogP contribution in [0.2, 0.25) is 0 Å². The van der Waals surface area contributed by atoms with Gasteiger partial charge < -0.3 is 10.2 Å². The Morgan fingerprint density at radius 1 is 1.13 bits per heavy atom. The van der Waals surface area contributed by atoms with Crippen LogP contribution in [0.1, 0.15) is 11.7 Å². The summed E-state index contributed by atoms with van der Waals surface area (Å²) in [7, 11) is 1.65. The summed E-state index contributed by atoms with van der Waals surface area (Å²) >= 11 is 0. The minimum absolute atomic E-state index is 0.0453. The molecule has 1 unspecified atom stereocenters. The molecule has 0 aliphatic carbocycles. The molecule has 1 N–H and O–H groups in total. The van der Waals surface area contributed by atoms with Crippen LogP contribution in [0.25, 0.3) is 0 Å². The first-order valence-corrected chi connectivity index (χ1v) is 7.20. The van der Waals surface area contributed by atoms with Crippen molar-refractivity contribution in [1.29, 1.82) is 0 Å². The van der Waals surface area contributed by atoms with E-state index in [1.54, 1.807) is 19.2 Å². The lowest BCUT2D eigenvalue weighted by molar-refractivity contribution is -0.126. The molecule has 1 aliphatic heterocycles. The second kappa shape index (κ2) is 6.08. The molecular weight excluding hydrogens is 297 g/mol. The third-order valence-corrected chi connectivity index (χ3v) is 3.84. The van der Waals surface area contributed by atoms with Crippen LogP contribution in [0.15, 0.2) is 54.6 Å². The van der Waals surface area contributed by atoms with Crippen LogP contribution in [-0.4, -0.2) is 35.3 Å². The maximum Gasteiger partial charge on any atom is 0.324 e. The fourth-order valence-electron chi connectivity index (χ4n) is 2.65. The van der Waals surface area contributed by atoms with Crippen molar-refractivity contribution in [2.45, 2.75) is 6.17 Å². The number of amides is 3. The number of hydrogen-bond donors (Lipinski definition) is 1. The highest BCUT2D eigenvalue weighted by atomic mass is 19.1. The standard InChI is InChI=1S/C17H16FN3O2/c1-20-15(22)11-21(16(20)12-7-3-2-4-8-12)17(23)19-14-10-6-5-9-13(14)18/h2-10,16H,11H2,1H3,(H,19,23). The van der Waals surface area contributed by atoms with E-state index in [1.165, 1.54) is 21.9 Å². The van der Waals surface area contributed by atoms with Gasteiger partial charge in [-0.05, 0) is 17.7 Å². The number of para-hydroxylation sites is 1. The minimum atomic E-state index is -0.518. The van der Waals surface area contributed by atoms with Crippen LogP contribution in [0, 0.1) is 5.82 Å². The molecule has 2 aromatic carbocycles. The van der Waals surface area contributed by atoms with Gasteiger partial charge in [-0.2, -0.15) is 0 Å². The van der Waals surface area contributed by atoms with E-state index in [0.717, 1.165) is 5.56 Å². The van der Waals surface area contributed by atoms with Crippen LogP contribution in [-0.2, 0) is 4.79 Å². The van der Waals surface area contributed by atoms with Gasteiger partial charge in [0.1, 0.15) is 18.5 Å². The number of likely N-dealkylation sites (N-methyl/N-ethyl adjacent to an activating group) is 1. The number of hydrogen-bond acceptors (Lipinski definition) is 2. The summed E-state index contributed by atoms with van der Waals surface area (Å²) in [5.41, 5.74) is 0.913. The van der Waals surface area contributed by atoms with Gasteiger partial charge in [-0.15, -0.1) is 0 Å². The Morgan fingerprint density at radius 2 is 1.78 bits per heavy atom. The third kappa shape index (κ3) is 2.88. The molecule has 0 spiro atoms. The molecule has 1 heterocycles. The Hall–Kier alpha value is -2.89. The van der Waals surface area contributed by atoms with Gasteiger partial charge in [-0.25, -0.2) is 9.18 Å². The van der Waals surface area contributed by atoms with Crippen molar-refractivity contribution < 1.29 is 14.0 Å². The van der Waals surface area contributed by atoms with Crippen LogP contribution in [0.5, 0.6) is 0 Å². The zero-order valence-electron chi connectivity index (χ0n) is 12.6. The molecule has 1 fully saturated rings. The summed E-state index contributed by atoms with van der Waals surface area (Å²) in [6, 6.07) is 14.7. The normalized spacial score (nSPS) is 17.5. The first kappa shape index (κ1) is 15.0. The fourth-order valence-corrected chi connectivity index (χ4v) is 2.65. The van der Waals surface area contributed by atoms with Crippen molar-refractivity contribution in [1.82, 2.24) is 9.80 Å². The number of nitrogens with one attached hydrogen (secondary N) is 1. The molecule has 0 bridgehead atoms. The van der Waals surface area contributed by atoms with Crippen molar-refractivity contribution in [3.63, 3.8) is 0 Å². The highest BCUT2D eigenvalue weighted by Gasteiger charge is 2.39. The molecule has 0 aromatic heterocycles. The number of carbonyl (C=O) groups is 2. The molecule has 6 heteroatoms. The fraction of sp³-hybridized carbons (Fsp3) is 0.176. The molecule has 3 rings (SSSR count). The molecule has 118 valence electrons. The van der Waals surface area contributed by atoms with E-state index < -0.39 is 18.0 Å². The molecule has 1 saturated heterocycles. The highest BCUT2D eigenvalue weighted by Crippen LogP contribution is 2.30. The third-order valence-electron chi connectivity index (χ3n) is 3.84. The van der Waals surface area contributed by atoms with E-state index in [9.17, 15) is 14.0 Å². The van der Waals surface area contributed by atoms with Crippen LogP contribution < -0.4 is 5.32 Å². The lowest BCUT2D eigenvalue weighted by atomic mass is 10.1. The van der Waals surface area contributed by atoms with E-state index in [-0.39, 0.29) is 18.1 Å². The van der Waals surface area contributed by atoms with Gasteiger partial charge in [0.05, 0.1) is 5.69 Å². The summed E-state index contributed by atoms with van der Waals surface area (Å²) in [6.45, 7) is -0.0453. The van der Waals surface area contributed by atoms with Crippen molar-refractivity contribution in [3.8, 4) is 0 Å². The van der Waals surface area contributed by atoms with E-state index in [0.29, 0.717) is 0 Å². The molecule has 23 heavy (non-hydrogen) atoms. The lowest BCUT2D eigenvalue weighted by Crippen LogP contribution is -2.37. The summed E-state index contributed by atoms with van der Waals surface area (Å²) in [5.74, 6) is -0.682. The Balaban J connectivity index is 1.86. The van der Waals surface area contributed by atoms with Crippen molar-refractivity contribution in [2.24, 2.45) is 0 Å². The molecule has 0 saturated carbocycles. The Labute approximate surface area is 133 Å². The maximum absolute atomic E-state index is 13.7. The number of rotatable bonds is 2. The van der Waals surface area contributed by atoms with Crippen LogP contribution in [0.4, 0.5) is 14.9 Å². The first-order chi connectivity index (χ1) is 11.1. The van der Waals surface area contributed by atoms with Crippen LogP contribution in [0.3, 0.4) is 0 Å². The van der Waals surface area contributed by atoms with Gasteiger partial charge in [0, 0.05) is 7.05 Å². The maximum atomic E-state index is 13.7. The monoisotopic (exact) mass is 313 g/mol. The first-order valence-electron chi connectivity index (χ1n) is 7.20. The summed E-state index contributed by atoms with van der Waals surface area (Å²) < 4.78 is 13.7. The van der Waals surface area contributed by atoms with E-state index in [2.05, 4.69) is 5.32 Å². The minimum Gasteiger partial charge on any atom is -0.319 e. The van der Waals surface area contributed by atoms with Gasteiger partial charge in [-0.3, -0.25) is 9.69 Å². The Kier molecular flexibility index (Phi) is 3.97. The summed E-state index contributed by atoms with van der Waals surface area (Å²) in [6.07, 6.45) is -0.504. The molecule has 0 radical (unpaired) electrons. The largest absolute Gasteiger partial charge is 0.324 e. The molecule has 1 atom stereocenters. The zero-order valence-corrected chi connectivity index (χ0v) is 12.6. The lowest BCUT2D eigenvalue weighted by Gasteiger charge is -2.28. The van der Waals surface area contributed by atoms with E-state index in [4.69, 9.17) is 0 Å². The predicted molar refractivity (Wildman–Crippen MR) is 84.1 cm³/mol. The van der Waals surface area contributed by atoms with Crippen LogP contribution >= 0.6 is 0 Å². The van der Waals surface area contributed by atoms with Gasteiger partial charge in [-0.1, -0.05) is 42.5 Å². The molecule has 1 aliphatic rings. The van der Waals surface area contributed by atoms with E-state index in [1.807, 2.05) is 30.3 Å². The Bertz CT molecular complexity index is 736. The van der Waals surface area contributed by atoms with Crippen molar-refractivity contribution in [3.05, 3.63) is 66.0 Å². The van der Waals surface area contributed by atoms with Gasteiger partial charge in [0.25, 0.3) is 0 Å². The Morgan fingerprint density at radius 3 is 2.48 bits per heavy atom. The predicted octanol–water partition coefficient (Wildman–Crippen LogP) is 2.83. The number of anilines is 1. The highest BCUT2D eigenvalue weighted by molar-refractivity contribution is 5.94. The van der Waals surface area contributed by atoms with E-state index >= 15 is 0 Å². The molecular formula is C17H16FN3O2. The smallest absolute Gasteiger partial charge is 0.319 e. The zero-order chi connectivity index (χ0) is 16.4. The number of nitrogens with zero attached hydrogens (tertiary/aromatic N) is 2. The van der Waals surface area contributed by atoms with Crippen molar-refractivity contribution >= 4 is 17.6 Å². The second-order valence-electron chi connectivity index (χ2n) is 5.33. The molecule has 5 nitrogen and oxygen atoms in total. The van der Waals surface area contributed by atoms with Crippen molar-refractivity contribution in [2.75, 3.05) is 18.9 Å². The van der Waals surface area contributed by atoms with Gasteiger partial charge >= 0.3 is 6.03 Å². The van der Waals surface area contributed by atoms with Gasteiger partial charge in [0.15, 0.2) is 0 Å². The number of carbonyl (C=O) groups excluding carboxylic acids is 2. The quantitative estimate of drug-likeness (QED) is 0.927. The number of benzene rings is 2. The second-order valence-corrected chi connectivity index (χ2v) is 5.33. The number of halogens is 1. The van der Waals surface area contributed by atoms with Gasteiger partial charge in [0.2, 0.25) is 5.91 Å². The topological polar surface area (TPSA) is 52.7 Å². The average Bonchev–Trinajstić information content (AvgIpc) is 2.86. The summed E-state index contributed by atoms with van der Waals surface area (Å²) in [5, 5.41) is 2.53.